The highest BCUT2D eigenvalue weighted by Gasteiger charge is 2.07. The summed E-state index contributed by atoms with van der Waals surface area (Å²) in [4.78, 5) is 11.1. The molecular weight excluding hydrogens is 288 g/mol. The molecule has 3 heteroatoms. The maximum atomic E-state index is 11.1. The Bertz CT molecular complexity index is 450. The van der Waals surface area contributed by atoms with Gasteiger partial charge in [0.15, 0.2) is 0 Å². The number of ether oxygens (including phenoxy) is 2. The molecule has 0 amide bonds. The predicted molar refractivity (Wildman–Crippen MR) is 94.5 cm³/mol. The summed E-state index contributed by atoms with van der Waals surface area (Å²) in [7, 11) is 0. The van der Waals surface area contributed by atoms with Crippen molar-refractivity contribution < 1.29 is 14.3 Å². The van der Waals surface area contributed by atoms with Crippen LogP contribution in [0, 0.1) is 0 Å². The molecule has 0 heterocycles. The van der Waals surface area contributed by atoms with Crippen molar-refractivity contribution in [1.82, 2.24) is 0 Å². The fourth-order valence-electron chi connectivity index (χ4n) is 2.45. The second-order valence-corrected chi connectivity index (χ2v) is 5.84. The van der Waals surface area contributed by atoms with Crippen molar-refractivity contribution in [2.45, 2.75) is 71.5 Å². The third kappa shape index (κ3) is 9.07. The average molecular weight is 318 g/mol. The number of hydrogen-bond acceptors (Lipinski definition) is 3. The lowest BCUT2D eigenvalue weighted by molar-refractivity contribution is -0.154. The number of carbonyl (C=O) groups is 1. The van der Waals surface area contributed by atoms with Crippen molar-refractivity contribution >= 4 is 5.97 Å². The lowest BCUT2D eigenvalue weighted by Gasteiger charge is -2.14. The molecule has 0 aliphatic heterocycles. The molecule has 0 saturated heterocycles. The van der Waals surface area contributed by atoms with E-state index in [4.69, 9.17) is 9.47 Å². The van der Waals surface area contributed by atoms with Crippen LogP contribution in [0.5, 0.6) is 5.75 Å². The molecule has 0 fully saturated rings. The van der Waals surface area contributed by atoms with Gasteiger partial charge in [0, 0.05) is 13.0 Å². The van der Waals surface area contributed by atoms with E-state index in [2.05, 4.69) is 25.6 Å². The SMILES string of the molecule is C=CC(=O)OC(C)Oc1ccc(CCCCCCCCC)cc1. The van der Waals surface area contributed by atoms with E-state index in [-0.39, 0.29) is 0 Å². The number of carbonyl (C=O) groups excluding carboxylic acids is 1. The van der Waals surface area contributed by atoms with Gasteiger partial charge >= 0.3 is 5.97 Å². The molecule has 0 radical (unpaired) electrons. The zero-order chi connectivity index (χ0) is 16.9. The van der Waals surface area contributed by atoms with E-state index in [1.165, 1.54) is 50.5 Å². The van der Waals surface area contributed by atoms with Crippen LogP contribution in [0.2, 0.25) is 0 Å². The van der Waals surface area contributed by atoms with Gasteiger partial charge in [-0.3, -0.25) is 0 Å². The van der Waals surface area contributed by atoms with E-state index in [1.807, 2.05) is 12.1 Å². The lowest BCUT2D eigenvalue weighted by Crippen LogP contribution is -2.19. The predicted octanol–water partition coefficient (Wildman–Crippen LogP) is 5.43. The Morgan fingerprint density at radius 3 is 2.30 bits per heavy atom. The van der Waals surface area contributed by atoms with Gasteiger partial charge in [-0.25, -0.2) is 4.79 Å². The molecule has 23 heavy (non-hydrogen) atoms. The standard InChI is InChI=1S/C20H30O3/c1-4-6-7-8-9-10-11-12-18-13-15-19(16-14-18)22-17(3)23-20(21)5-2/h5,13-17H,2,4,6-12H2,1,3H3. The fourth-order valence-corrected chi connectivity index (χ4v) is 2.45. The smallest absolute Gasteiger partial charge is 0.333 e. The van der Waals surface area contributed by atoms with Crippen LogP contribution in [0.25, 0.3) is 0 Å². The lowest BCUT2D eigenvalue weighted by atomic mass is 10.0. The van der Waals surface area contributed by atoms with Crippen molar-refractivity contribution in [3.8, 4) is 5.75 Å². The summed E-state index contributed by atoms with van der Waals surface area (Å²) < 4.78 is 10.5. The highest BCUT2D eigenvalue weighted by molar-refractivity contribution is 5.81. The summed E-state index contributed by atoms with van der Waals surface area (Å²) in [5.74, 6) is 0.228. The molecule has 3 nitrogen and oxygen atoms in total. The molecule has 128 valence electrons. The Balaban J connectivity index is 2.22. The van der Waals surface area contributed by atoms with Crippen molar-refractivity contribution in [1.29, 1.82) is 0 Å². The van der Waals surface area contributed by atoms with Gasteiger partial charge < -0.3 is 9.47 Å². The summed E-state index contributed by atoms with van der Waals surface area (Å²) in [5.41, 5.74) is 1.32. The molecule has 0 bridgehead atoms. The molecule has 0 aliphatic carbocycles. The monoisotopic (exact) mass is 318 g/mol. The van der Waals surface area contributed by atoms with Crippen molar-refractivity contribution in [3.63, 3.8) is 0 Å². The van der Waals surface area contributed by atoms with Gasteiger partial charge in [-0.05, 0) is 30.5 Å². The molecule has 0 N–H and O–H groups in total. The first-order chi connectivity index (χ1) is 11.2. The van der Waals surface area contributed by atoms with Crippen LogP contribution in [0.15, 0.2) is 36.9 Å². The Kier molecular flexibility index (Phi) is 9.85. The Morgan fingerprint density at radius 2 is 1.70 bits per heavy atom. The van der Waals surface area contributed by atoms with Gasteiger partial charge in [0.1, 0.15) is 5.75 Å². The normalized spacial score (nSPS) is 11.7. The molecule has 0 aromatic heterocycles. The maximum Gasteiger partial charge on any atom is 0.333 e. The number of hydrogen-bond donors (Lipinski definition) is 0. The maximum absolute atomic E-state index is 11.1. The molecule has 0 spiro atoms. The average Bonchev–Trinajstić information content (AvgIpc) is 2.55. The van der Waals surface area contributed by atoms with Gasteiger partial charge in [-0.1, -0.05) is 64.2 Å². The van der Waals surface area contributed by atoms with Crippen molar-refractivity contribution in [2.75, 3.05) is 0 Å². The zero-order valence-corrected chi connectivity index (χ0v) is 14.6. The number of aryl methyl sites for hydroxylation is 1. The van der Waals surface area contributed by atoms with Crippen LogP contribution in [0.3, 0.4) is 0 Å². The minimum absolute atomic E-state index is 0.479. The fraction of sp³-hybridized carbons (Fsp3) is 0.550. The van der Waals surface area contributed by atoms with Crippen LogP contribution in [0.4, 0.5) is 0 Å². The summed E-state index contributed by atoms with van der Waals surface area (Å²) in [6.45, 7) is 7.29. The van der Waals surface area contributed by atoms with Gasteiger partial charge in [-0.15, -0.1) is 0 Å². The topological polar surface area (TPSA) is 35.5 Å². The number of rotatable bonds is 12. The van der Waals surface area contributed by atoms with E-state index < -0.39 is 12.3 Å². The van der Waals surface area contributed by atoms with E-state index >= 15 is 0 Å². The number of unbranched alkanes of at least 4 members (excludes halogenated alkanes) is 6. The third-order valence-electron chi connectivity index (χ3n) is 3.74. The van der Waals surface area contributed by atoms with Crippen LogP contribution in [0.1, 0.15) is 64.4 Å². The molecule has 1 aromatic rings. The first-order valence-corrected chi connectivity index (χ1v) is 8.74. The summed E-state index contributed by atoms with van der Waals surface area (Å²) in [5, 5.41) is 0. The van der Waals surface area contributed by atoms with E-state index in [1.54, 1.807) is 6.92 Å². The van der Waals surface area contributed by atoms with Crippen LogP contribution in [-0.4, -0.2) is 12.3 Å². The van der Waals surface area contributed by atoms with Crippen LogP contribution in [-0.2, 0) is 16.0 Å². The van der Waals surface area contributed by atoms with Crippen LogP contribution < -0.4 is 4.74 Å². The zero-order valence-electron chi connectivity index (χ0n) is 14.6. The molecule has 0 saturated carbocycles. The Labute approximate surface area is 140 Å². The van der Waals surface area contributed by atoms with Crippen molar-refractivity contribution in [2.24, 2.45) is 0 Å². The minimum atomic E-state index is -0.616. The largest absolute Gasteiger partial charge is 0.455 e. The quantitative estimate of drug-likeness (QED) is 0.223. The molecule has 0 aliphatic rings. The van der Waals surface area contributed by atoms with Crippen molar-refractivity contribution in [3.05, 3.63) is 42.5 Å². The first-order valence-electron chi connectivity index (χ1n) is 8.74. The molecular formula is C20H30O3. The van der Waals surface area contributed by atoms with E-state index in [0.29, 0.717) is 5.75 Å². The second-order valence-electron chi connectivity index (χ2n) is 5.84. The van der Waals surface area contributed by atoms with E-state index in [9.17, 15) is 4.79 Å². The highest BCUT2D eigenvalue weighted by Crippen LogP contribution is 2.16. The molecule has 1 atom stereocenters. The van der Waals surface area contributed by atoms with Crippen LogP contribution >= 0.6 is 0 Å². The van der Waals surface area contributed by atoms with Gasteiger partial charge in [0.2, 0.25) is 6.29 Å². The molecule has 1 rings (SSSR count). The number of benzene rings is 1. The second kappa shape index (κ2) is 11.8. The summed E-state index contributed by atoms with van der Waals surface area (Å²) >= 11 is 0. The minimum Gasteiger partial charge on any atom is -0.455 e. The van der Waals surface area contributed by atoms with Gasteiger partial charge in [0.25, 0.3) is 0 Å². The summed E-state index contributed by atoms with van der Waals surface area (Å²) in [6.07, 6.45) is 10.9. The molecule has 1 unspecified atom stereocenters. The summed E-state index contributed by atoms with van der Waals surface area (Å²) in [6, 6.07) is 8.01. The molecule has 1 aromatic carbocycles. The van der Waals surface area contributed by atoms with Gasteiger partial charge in [0.05, 0.1) is 0 Å². The highest BCUT2D eigenvalue weighted by atomic mass is 16.7. The number of esters is 1. The van der Waals surface area contributed by atoms with Gasteiger partial charge in [-0.2, -0.15) is 0 Å². The Hall–Kier alpha value is -1.77. The Morgan fingerprint density at radius 1 is 1.09 bits per heavy atom. The first kappa shape index (κ1) is 19.3. The third-order valence-corrected chi connectivity index (χ3v) is 3.74. The van der Waals surface area contributed by atoms with E-state index in [0.717, 1.165) is 12.5 Å².